The summed E-state index contributed by atoms with van der Waals surface area (Å²) in [5, 5.41) is 9.37. The summed E-state index contributed by atoms with van der Waals surface area (Å²) in [5.74, 6) is -0.853. The van der Waals surface area contributed by atoms with Crippen LogP contribution in [0.25, 0.3) is 0 Å². The summed E-state index contributed by atoms with van der Waals surface area (Å²) in [5.41, 5.74) is 3.35. The molecule has 26 heavy (non-hydrogen) atoms. The number of amides is 1. The molecule has 1 aromatic heterocycles. The van der Waals surface area contributed by atoms with Gasteiger partial charge in [-0.15, -0.1) is 0 Å². The van der Waals surface area contributed by atoms with E-state index in [2.05, 4.69) is 4.90 Å². The lowest BCUT2D eigenvalue weighted by Gasteiger charge is -2.38. The molecule has 1 saturated carbocycles. The molecule has 136 valence electrons. The Balaban J connectivity index is 1.55. The number of hydrogen-bond donors (Lipinski definition) is 1. The SMILES string of the molecule is CN(C)C(=O)c1ccc(CN2CCn3c(C(=O)O)ccc3C23CC3)cc1. The smallest absolute Gasteiger partial charge is 0.352 e. The highest BCUT2D eigenvalue weighted by Crippen LogP contribution is 2.53. The van der Waals surface area contributed by atoms with E-state index in [1.165, 1.54) is 5.56 Å². The summed E-state index contributed by atoms with van der Waals surface area (Å²) in [4.78, 5) is 27.5. The molecule has 0 saturated heterocycles. The van der Waals surface area contributed by atoms with Crippen LogP contribution in [-0.4, -0.2) is 52.0 Å². The van der Waals surface area contributed by atoms with Gasteiger partial charge in [0.05, 0.1) is 5.54 Å². The Morgan fingerprint density at radius 1 is 1.08 bits per heavy atom. The standard InChI is InChI=1S/C20H23N3O3/c1-21(2)18(24)15-5-3-14(4-6-15)13-22-11-12-23-16(19(25)26)7-8-17(23)20(22)9-10-20/h3-8H,9-13H2,1-2H3,(H,25,26). The van der Waals surface area contributed by atoms with E-state index in [9.17, 15) is 14.7 Å². The molecule has 6 nitrogen and oxygen atoms in total. The van der Waals surface area contributed by atoms with Gasteiger partial charge >= 0.3 is 5.97 Å². The Morgan fingerprint density at radius 2 is 1.77 bits per heavy atom. The Kier molecular flexibility index (Phi) is 3.88. The first-order valence-corrected chi connectivity index (χ1v) is 8.91. The zero-order valence-corrected chi connectivity index (χ0v) is 15.1. The first kappa shape index (κ1) is 16.8. The molecule has 1 spiro atoms. The van der Waals surface area contributed by atoms with Crippen LogP contribution < -0.4 is 0 Å². The molecule has 1 fully saturated rings. The van der Waals surface area contributed by atoms with Crippen LogP contribution in [0.15, 0.2) is 36.4 Å². The van der Waals surface area contributed by atoms with Crippen LogP contribution in [0, 0.1) is 0 Å². The third-order valence-electron chi connectivity index (χ3n) is 5.58. The highest BCUT2D eigenvalue weighted by atomic mass is 16.4. The predicted octanol–water partition coefficient (Wildman–Crippen LogP) is 2.39. The highest BCUT2D eigenvalue weighted by molar-refractivity contribution is 5.93. The van der Waals surface area contributed by atoms with Gasteiger partial charge in [-0.3, -0.25) is 9.69 Å². The van der Waals surface area contributed by atoms with E-state index >= 15 is 0 Å². The van der Waals surface area contributed by atoms with E-state index in [4.69, 9.17) is 0 Å². The Bertz CT molecular complexity index is 863. The number of aromatic nitrogens is 1. The molecule has 1 aromatic carbocycles. The molecule has 0 unspecified atom stereocenters. The van der Waals surface area contributed by atoms with Crippen LogP contribution in [0.1, 0.15) is 44.9 Å². The van der Waals surface area contributed by atoms with Gasteiger partial charge in [-0.25, -0.2) is 4.79 Å². The van der Waals surface area contributed by atoms with Crippen molar-refractivity contribution >= 4 is 11.9 Å². The number of carboxylic acid groups (broad SMARTS) is 1. The number of fused-ring (bicyclic) bond motifs is 2. The normalized spacial score (nSPS) is 17.8. The van der Waals surface area contributed by atoms with E-state index in [-0.39, 0.29) is 11.4 Å². The zero-order chi connectivity index (χ0) is 18.5. The molecule has 2 aliphatic rings. The fourth-order valence-corrected chi connectivity index (χ4v) is 4.05. The van der Waals surface area contributed by atoms with Crippen LogP contribution in [0.3, 0.4) is 0 Å². The molecule has 6 heteroatoms. The van der Waals surface area contributed by atoms with Gasteiger partial charge in [0, 0.05) is 45.0 Å². The van der Waals surface area contributed by atoms with Crippen LogP contribution in [0.5, 0.6) is 0 Å². The van der Waals surface area contributed by atoms with Gasteiger partial charge in [-0.05, 0) is 42.7 Å². The first-order valence-electron chi connectivity index (χ1n) is 8.91. The number of carbonyl (C=O) groups is 2. The number of nitrogens with zero attached hydrogens (tertiary/aromatic N) is 3. The number of aromatic carboxylic acids is 1. The van der Waals surface area contributed by atoms with E-state index in [0.29, 0.717) is 17.8 Å². The minimum atomic E-state index is -0.860. The number of benzene rings is 1. The van der Waals surface area contributed by atoms with Gasteiger partial charge in [0.1, 0.15) is 5.69 Å². The van der Waals surface area contributed by atoms with Crippen molar-refractivity contribution in [3.05, 3.63) is 58.9 Å². The van der Waals surface area contributed by atoms with E-state index in [1.54, 1.807) is 25.1 Å². The van der Waals surface area contributed by atoms with Crippen LogP contribution in [0.4, 0.5) is 0 Å². The van der Waals surface area contributed by atoms with Gasteiger partial charge < -0.3 is 14.6 Å². The highest BCUT2D eigenvalue weighted by Gasteiger charge is 2.53. The van der Waals surface area contributed by atoms with Crippen molar-refractivity contribution in [1.29, 1.82) is 0 Å². The summed E-state index contributed by atoms with van der Waals surface area (Å²) >= 11 is 0. The largest absolute Gasteiger partial charge is 0.477 e. The van der Waals surface area contributed by atoms with Gasteiger partial charge in [0.25, 0.3) is 5.91 Å². The number of carbonyl (C=O) groups excluding carboxylic acids is 1. The Labute approximate surface area is 152 Å². The second-order valence-electron chi connectivity index (χ2n) is 7.41. The summed E-state index contributed by atoms with van der Waals surface area (Å²) in [7, 11) is 3.50. The first-order chi connectivity index (χ1) is 12.4. The molecule has 2 heterocycles. The molecule has 0 bridgehead atoms. The van der Waals surface area contributed by atoms with Crippen LogP contribution in [0.2, 0.25) is 0 Å². The molecule has 2 aromatic rings. The van der Waals surface area contributed by atoms with Crippen molar-refractivity contribution in [1.82, 2.24) is 14.4 Å². The van der Waals surface area contributed by atoms with Gasteiger partial charge in [0.2, 0.25) is 0 Å². The number of rotatable bonds is 4. The van der Waals surface area contributed by atoms with Crippen molar-refractivity contribution in [3.63, 3.8) is 0 Å². The minimum Gasteiger partial charge on any atom is -0.477 e. The molecule has 1 aliphatic heterocycles. The summed E-state index contributed by atoms with van der Waals surface area (Å²) < 4.78 is 1.96. The topological polar surface area (TPSA) is 65.8 Å². The second-order valence-corrected chi connectivity index (χ2v) is 7.41. The number of carboxylic acids is 1. The summed E-state index contributed by atoms with van der Waals surface area (Å²) in [6.07, 6.45) is 2.13. The van der Waals surface area contributed by atoms with Crippen LogP contribution >= 0.6 is 0 Å². The third kappa shape index (κ3) is 2.61. The van der Waals surface area contributed by atoms with Crippen molar-refractivity contribution < 1.29 is 14.7 Å². The fraction of sp³-hybridized carbons (Fsp3) is 0.400. The third-order valence-corrected chi connectivity index (χ3v) is 5.58. The quantitative estimate of drug-likeness (QED) is 0.917. The van der Waals surface area contributed by atoms with Crippen LogP contribution in [-0.2, 0) is 18.6 Å². The summed E-state index contributed by atoms with van der Waals surface area (Å²) in [6.45, 7) is 2.34. The molecule has 0 radical (unpaired) electrons. The lowest BCUT2D eigenvalue weighted by Crippen LogP contribution is -2.43. The van der Waals surface area contributed by atoms with E-state index in [0.717, 1.165) is 31.6 Å². The van der Waals surface area contributed by atoms with Gasteiger partial charge in [-0.2, -0.15) is 0 Å². The summed E-state index contributed by atoms with van der Waals surface area (Å²) in [6, 6.07) is 11.5. The monoisotopic (exact) mass is 353 g/mol. The molecule has 1 aliphatic carbocycles. The predicted molar refractivity (Wildman–Crippen MR) is 97.2 cm³/mol. The van der Waals surface area contributed by atoms with Gasteiger partial charge in [-0.1, -0.05) is 12.1 Å². The van der Waals surface area contributed by atoms with Crippen molar-refractivity contribution in [2.24, 2.45) is 0 Å². The minimum absolute atomic E-state index is 0.00668. The Hall–Kier alpha value is -2.60. The lowest BCUT2D eigenvalue weighted by molar-refractivity contribution is 0.0672. The molecular formula is C20H23N3O3. The second kappa shape index (κ2) is 5.99. The zero-order valence-electron chi connectivity index (χ0n) is 15.1. The van der Waals surface area contributed by atoms with Crippen molar-refractivity contribution in [2.45, 2.75) is 31.5 Å². The molecule has 0 atom stereocenters. The van der Waals surface area contributed by atoms with Crippen molar-refractivity contribution in [3.8, 4) is 0 Å². The fourth-order valence-electron chi connectivity index (χ4n) is 4.05. The van der Waals surface area contributed by atoms with Gasteiger partial charge in [0.15, 0.2) is 0 Å². The average Bonchev–Trinajstić information content (AvgIpc) is 3.27. The molecule has 4 rings (SSSR count). The Morgan fingerprint density at radius 3 is 2.35 bits per heavy atom. The van der Waals surface area contributed by atoms with E-state index < -0.39 is 5.97 Å². The average molecular weight is 353 g/mol. The molecule has 1 amide bonds. The van der Waals surface area contributed by atoms with Crippen molar-refractivity contribution in [2.75, 3.05) is 20.6 Å². The van der Waals surface area contributed by atoms with E-state index in [1.807, 2.05) is 34.9 Å². The lowest BCUT2D eigenvalue weighted by atomic mass is 10.0. The molecular weight excluding hydrogens is 330 g/mol. The molecule has 1 N–H and O–H groups in total. The maximum absolute atomic E-state index is 12.0. The maximum Gasteiger partial charge on any atom is 0.352 e. The number of hydrogen-bond acceptors (Lipinski definition) is 3. The maximum atomic E-state index is 12.0.